The zero-order valence-electron chi connectivity index (χ0n) is 12.0. The van der Waals surface area contributed by atoms with Crippen LogP contribution in [0.2, 0.25) is 0 Å². The summed E-state index contributed by atoms with van der Waals surface area (Å²) >= 11 is 0. The van der Waals surface area contributed by atoms with Gasteiger partial charge in [0, 0.05) is 17.3 Å². The molecule has 0 unspecified atom stereocenters. The van der Waals surface area contributed by atoms with Gasteiger partial charge in [-0.15, -0.1) is 0 Å². The highest BCUT2D eigenvalue weighted by atomic mass is 15.1. The van der Waals surface area contributed by atoms with Crippen molar-refractivity contribution in [2.75, 3.05) is 5.73 Å². The second kappa shape index (κ2) is 4.34. The molecule has 0 aliphatic rings. The molecule has 0 amide bonds. The maximum atomic E-state index is 5.67. The van der Waals surface area contributed by atoms with Crippen LogP contribution in [0.5, 0.6) is 0 Å². The number of fused-ring (bicyclic) bond motifs is 1. The van der Waals surface area contributed by atoms with Gasteiger partial charge >= 0.3 is 0 Å². The molecule has 4 nitrogen and oxygen atoms in total. The normalized spacial score (nSPS) is 11.9. The van der Waals surface area contributed by atoms with Gasteiger partial charge in [-0.3, -0.25) is 0 Å². The van der Waals surface area contributed by atoms with Crippen molar-refractivity contribution >= 4 is 16.9 Å². The van der Waals surface area contributed by atoms with Gasteiger partial charge in [-0.25, -0.2) is 9.97 Å². The summed E-state index contributed by atoms with van der Waals surface area (Å²) in [5.41, 5.74) is 8.71. The van der Waals surface area contributed by atoms with Crippen LogP contribution >= 0.6 is 0 Å². The second-order valence-corrected chi connectivity index (χ2v) is 5.90. The number of para-hydroxylation sites is 2. The zero-order valence-corrected chi connectivity index (χ0v) is 12.0. The molecule has 20 heavy (non-hydrogen) atoms. The van der Waals surface area contributed by atoms with Crippen molar-refractivity contribution in [3.63, 3.8) is 0 Å². The van der Waals surface area contributed by atoms with Crippen LogP contribution < -0.4 is 5.73 Å². The number of anilines is 1. The maximum absolute atomic E-state index is 5.67. The van der Waals surface area contributed by atoms with Crippen LogP contribution in [-0.2, 0) is 5.54 Å². The third-order valence-corrected chi connectivity index (χ3v) is 3.28. The SMILES string of the molecule is CC(C)(C)n1c(-c2ccc(N)nc2)nc2ccccc21. The Morgan fingerprint density at radius 3 is 2.45 bits per heavy atom. The van der Waals surface area contributed by atoms with Crippen molar-refractivity contribution in [1.29, 1.82) is 0 Å². The summed E-state index contributed by atoms with van der Waals surface area (Å²) in [6.45, 7) is 6.53. The number of pyridine rings is 1. The molecule has 4 heteroatoms. The van der Waals surface area contributed by atoms with Gasteiger partial charge in [0.2, 0.25) is 0 Å². The fourth-order valence-corrected chi connectivity index (χ4v) is 2.44. The molecule has 0 aliphatic heterocycles. The Bertz CT molecular complexity index is 748. The van der Waals surface area contributed by atoms with Crippen LogP contribution in [0.3, 0.4) is 0 Å². The van der Waals surface area contributed by atoms with Gasteiger partial charge in [0.1, 0.15) is 11.6 Å². The molecule has 0 aliphatic carbocycles. The fourth-order valence-electron chi connectivity index (χ4n) is 2.44. The predicted molar refractivity (Wildman–Crippen MR) is 82.4 cm³/mol. The average Bonchev–Trinajstić information content (AvgIpc) is 2.78. The monoisotopic (exact) mass is 266 g/mol. The minimum absolute atomic E-state index is 0.0627. The van der Waals surface area contributed by atoms with E-state index in [0.717, 1.165) is 22.4 Å². The summed E-state index contributed by atoms with van der Waals surface area (Å²) in [5.74, 6) is 1.44. The molecule has 0 atom stereocenters. The van der Waals surface area contributed by atoms with Gasteiger partial charge in [0.25, 0.3) is 0 Å². The molecular formula is C16H18N4. The minimum Gasteiger partial charge on any atom is -0.384 e. The molecule has 2 aromatic heterocycles. The summed E-state index contributed by atoms with van der Waals surface area (Å²) in [7, 11) is 0. The van der Waals surface area contributed by atoms with Crippen LogP contribution in [0.25, 0.3) is 22.4 Å². The Kier molecular flexibility index (Phi) is 2.74. The maximum Gasteiger partial charge on any atom is 0.143 e. The van der Waals surface area contributed by atoms with Crippen molar-refractivity contribution in [3.8, 4) is 11.4 Å². The smallest absolute Gasteiger partial charge is 0.143 e. The lowest BCUT2D eigenvalue weighted by molar-refractivity contribution is 0.413. The highest BCUT2D eigenvalue weighted by molar-refractivity contribution is 5.81. The lowest BCUT2D eigenvalue weighted by Gasteiger charge is -2.24. The van der Waals surface area contributed by atoms with Crippen LogP contribution in [0.1, 0.15) is 20.8 Å². The fraction of sp³-hybridized carbons (Fsp3) is 0.250. The van der Waals surface area contributed by atoms with E-state index in [1.165, 1.54) is 0 Å². The molecule has 0 saturated heterocycles. The van der Waals surface area contributed by atoms with Crippen molar-refractivity contribution in [2.24, 2.45) is 0 Å². The number of aromatic nitrogens is 3. The Morgan fingerprint density at radius 2 is 1.80 bits per heavy atom. The van der Waals surface area contributed by atoms with Crippen LogP contribution in [0, 0.1) is 0 Å². The highest BCUT2D eigenvalue weighted by Crippen LogP contribution is 2.30. The van der Waals surface area contributed by atoms with Gasteiger partial charge in [0.05, 0.1) is 11.0 Å². The number of hydrogen-bond acceptors (Lipinski definition) is 3. The van der Waals surface area contributed by atoms with Gasteiger partial charge in [-0.05, 0) is 45.0 Å². The highest BCUT2D eigenvalue weighted by Gasteiger charge is 2.22. The van der Waals surface area contributed by atoms with E-state index in [2.05, 4.69) is 36.4 Å². The van der Waals surface area contributed by atoms with E-state index in [0.29, 0.717) is 5.82 Å². The average molecular weight is 266 g/mol. The van der Waals surface area contributed by atoms with Gasteiger partial charge in [-0.2, -0.15) is 0 Å². The van der Waals surface area contributed by atoms with E-state index in [4.69, 9.17) is 10.7 Å². The Hall–Kier alpha value is -2.36. The molecule has 1 aromatic carbocycles. The molecule has 102 valence electrons. The number of nitrogens with zero attached hydrogens (tertiary/aromatic N) is 3. The largest absolute Gasteiger partial charge is 0.384 e. The number of imidazole rings is 1. The molecule has 2 N–H and O–H groups in total. The number of rotatable bonds is 1. The van der Waals surface area contributed by atoms with Crippen LogP contribution in [0.15, 0.2) is 42.6 Å². The van der Waals surface area contributed by atoms with Crippen molar-refractivity contribution in [2.45, 2.75) is 26.3 Å². The molecule has 0 spiro atoms. The first-order valence-electron chi connectivity index (χ1n) is 6.67. The van der Waals surface area contributed by atoms with Gasteiger partial charge in [0.15, 0.2) is 0 Å². The third-order valence-electron chi connectivity index (χ3n) is 3.28. The molecule has 0 radical (unpaired) electrons. The lowest BCUT2D eigenvalue weighted by Crippen LogP contribution is -2.22. The number of nitrogen functional groups attached to an aromatic ring is 1. The topological polar surface area (TPSA) is 56.7 Å². The van der Waals surface area contributed by atoms with Crippen molar-refractivity contribution < 1.29 is 0 Å². The molecule has 2 heterocycles. The first kappa shape index (κ1) is 12.7. The summed E-state index contributed by atoms with van der Waals surface area (Å²) in [6, 6.07) is 12.0. The number of hydrogen-bond donors (Lipinski definition) is 1. The standard InChI is InChI=1S/C16H18N4/c1-16(2,3)20-13-7-5-4-6-12(13)19-15(20)11-8-9-14(17)18-10-11/h4-10H,1-3H3,(H2,17,18). The summed E-state index contributed by atoms with van der Waals surface area (Å²) in [4.78, 5) is 8.93. The second-order valence-electron chi connectivity index (χ2n) is 5.90. The predicted octanol–water partition coefficient (Wildman–Crippen LogP) is 3.44. The third kappa shape index (κ3) is 2.03. The van der Waals surface area contributed by atoms with Gasteiger partial charge in [-0.1, -0.05) is 12.1 Å². The molecular weight excluding hydrogens is 248 g/mol. The van der Waals surface area contributed by atoms with Crippen molar-refractivity contribution in [1.82, 2.24) is 14.5 Å². The van der Waals surface area contributed by atoms with E-state index in [9.17, 15) is 0 Å². The van der Waals surface area contributed by atoms with Crippen LogP contribution in [0.4, 0.5) is 5.82 Å². The zero-order chi connectivity index (χ0) is 14.3. The van der Waals surface area contributed by atoms with E-state index in [1.54, 1.807) is 6.20 Å². The van der Waals surface area contributed by atoms with Gasteiger partial charge < -0.3 is 10.3 Å². The molecule has 0 saturated carbocycles. The summed E-state index contributed by atoms with van der Waals surface area (Å²) in [5, 5.41) is 0. The molecule has 0 bridgehead atoms. The first-order valence-corrected chi connectivity index (χ1v) is 6.67. The van der Waals surface area contributed by atoms with Crippen molar-refractivity contribution in [3.05, 3.63) is 42.6 Å². The number of benzene rings is 1. The van der Waals surface area contributed by atoms with E-state index in [-0.39, 0.29) is 5.54 Å². The van der Waals surface area contributed by atoms with E-state index in [1.807, 2.05) is 30.3 Å². The molecule has 0 fully saturated rings. The van der Waals surface area contributed by atoms with Crippen LogP contribution in [-0.4, -0.2) is 14.5 Å². The summed E-state index contributed by atoms with van der Waals surface area (Å²) in [6.07, 6.45) is 1.78. The van der Waals surface area contributed by atoms with E-state index >= 15 is 0 Å². The van der Waals surface area contributed by atoms with E-state index < -0.39 is 0 Å². The molecule has 3 aromatic rings. The quantitative estimate of drug-likeness (QED) is 0.734. The number of nitrogens with two attached hydrogens (primary N) is 1. The first-order chi connectivity index (χ1) is 9.47. The molecule has 3 rings (SSSR count). The minimum atomic E-state index is -0.0627. The summed E-state index contributed by atoms with van der Waals surface area (Å²) < 4.78 is 2.25. The Morgan fingerprint density at radius 1 is 1.05 bits per heavy atom. The lowest BCUT2D eigenvalue weighted by atomic mass is 10.1. The Balaban J connectivity index is 2.32. The Labute approximate surface area is 118 Å².